The molecular weight excluding hydrogens is 400 g/mol. The van der Waals surface area contributed by atoms with Crippen molar-refractivity contribution in [1.29, 1.82) is 0 Å². The van der Waals surface area contributed by atoms with Gasteiger partial charge in [0.15, 0.2) is 0 Å². The summed E-state index contributed by atoms with van der Waals surface area (Å²) < 4.78 is 6.03. The number of nitrogens with zero attached hydrogens (tertiary/aromatic N) is 2. The standard InChI is InChI=1S/C26H28N4O2/c1-2-6-25-28-24-11-12-30(16-22(24)26(31)29-25)15-19-14-27-23-10-9-20(13-21(19)23)32-17-18-7-4-3-5-8-18/h3-5,7-10,13-14,27H,2,6,11-12,15-17H2,1H3,(H,28,29,31). The minimum absolute atomic E-state index is 0.0127. The second-order valence-corrected chi connectivity index (χ2v) is 8.44. The third kappa shape index (κ3) is 4.32. The number of aryl methyl sites for hydroxylation is 1. The first-order chi connectivity index (χ1) is 15.7. The molecule has 4 aromatic rings. The number of fused-ring (bicyclic) bond motifs is 2. The molecule has 2 N–H and O–H groups in total. The van der Waals surface area contributed by atoms with Crippen LogP contribution in [0.25, 0.3) is 10.9 Å². The van der Waals surface area contributed by atoms with E-state index in [1.54, 1.807) is 0 Å². The van der Waals surface area contributed by atoms with Crippen molar-refractivity contribution in [3.8, 4) is 5.75 Å². The van der Waals surface area contributed by atoms with E-state index in [1.807, 2.05) is 24.3 Å². The summed E-state index contributed by atoms with van der Waals surface area (Å²) in [4.78, 5) is 26.0. The fraction of sp³-hybridized carbons (Fsp3) is 0.308. The van der Waals surface area contributed by atoms with Crippen LogP contribution in [0.5, 0.6) is 5.75 Å². The quantitative estimate of drug-likeness (QED) is 0.459. The minimum Gasteiger partial charge on any atom is -0.489 e. The monoisotopic (exact) mass is 428 g/mol. The van der Waals surface area contributed by atoms with E-state index in [2.05, 4.69) is 52.3 Å². The highest BCUT2D eigenvalue weighted by Gasteiger charge is 2.22. The molecule has 3 heterocycles. The van der Waals surface area contributed by atoms with Gasteiger partial charge in [-0.05, 0) is 35.7 Å². The molecule has 0 amide bonds. The van der Waals surface area contributed by atoms with Crippen molar-refractivity contribution < 1.29 is 4.74 Å². The first-order valence-electron chi connectivity index (χ1n) is 11.3. The molecule has 1 aliphatic rings. The van der Waals surface area contributed by atoms with Crippen molar-refractivity contribution in [2.24, 2.45) is 0 Å². The molecule has 0 bridgehead atoms. The van der Waals surface area contributed by atoms with Gasteiger partial charge in [-0.25, -0.2) is 4.98 Å². The van der Waals surface area contributed by atoms with Crippen molar-refractivity contribution in [2.45, 2.75) is 45.9 Å². The second kappa shape index (κ2) is 9.01. The molecule has 1 aliphatic heterocycles. The Labute approximate surface area is 187 Å². The maximum atomic E-state index is 12.6. The van der Waals surface area contributed by atoms with Crippen LogP contribution in [0, 0.1) is 0 Å². The summed E-state index contributed by atoms with van der Waals surface area (Å²) in [5, 5.41) is 1.16. The molecule has 0 saturated heterocycles. The van der Waals surface area contributed by atoms with E-state index in [0.29, 0.717) is 13.2 Å². The summed E-state index contributed by atoms with van der Waals surface area (Å²) in [5.41, 5.74) is 5.23. The zero-order valence-electron chi connectivity index (χ0n) is 18.4. The Balaban J connectivity index is 1.32. The first kappa shape index (κ1) is 20.5. The third-order valence-corrected chi connectivity index (χ3v) is 6.06. The number of aromatic amines is 2. The van der Waals surface area contributed by atoms with Crippen molar-refractivity contribution >= 4 is 10.9 Å². The van der Waals surface area contributed by atoms with E-state index >= 15 is 0 Å². The lowest BCUT2D eigenvalue weighted by Crippen LogP contribution is -2.35. The van der Waals surface area contributed by atoms with Gasteiger partial charge in [0.2, 0.25) is 0 Å². The van der Waals surface area contributed by atoms with Crippen LogP contribution in [-0.2, 0) is 32.5 Å². The number of hydrogen-bond donors (Lipinski definition) is 2. The van der Waals surface area contributed by atoms with Gasteiger partial charge in [0.05, 0.1) is 11.3 Å². The Hall–Kier alpha value is -3.38. The maximum absolute atomic E-state index is 12.6. The van der Waals surface area contributed by atoms with Crippen molar-refractivity contribution in [3.05, 3.63) is 93.3 Å². The highest BCUT2D eigenvalue weighted by atomic mass is 16.5. The van der Waals surface area contributed by atoms with Gasteiger partial charge in [0, 0.05) is 49.6 Å². The van der Waals surface area contributed by atoms with Gasteiger partial charge >= 0.3 is 0 Å². The topological polar surface area (TPSA) is 74.0 Å². The highest BCUT2D eigenvalue weighted by molar-refractivity contribution is 5.84. The predicted octanol–water partition coefficient (Wildman–Crippen LogP) is 4.34. The van der Waals surface area contributed by atoms with Crippen LogP contribution in [0.2, 0.25) is 0 Å². The molecule has 5 rings (SSSR count). The van der Waals surface area contributed by atoms with Crippen LogP contribution in [0.3, 0.4) is 0 Å². The Kier molecular flexibility index (Phi) is 5.77. The molecule has 0 unspecified atom stereocenters. The summed E-state index contributed by atoms with van der Waals surface area (Å²) in [6.07, 6.45) is 4.67. The molecule has 0 spiro atoms. The van der Waals surface area contributed by atoms with Gasteiger partial charge in [-0.15, -0.1) is 0 Å². The predicted molar refractivity (Wildman–Crippen MR) is 126 cm³/mol. The molecule has 0 fully saturated rings. The van der Waals surface area contributed by atoms with E-state index in [0.717, 1.165) is 71.6 Å². The number of H-pyrrole nitrogens is 2. The second-order valence-electron chi connectivity index (χ2n) is 8.44. The molecule has 0 atom stereocenters. The normalized spacial score (nSPS) is 13.9. The van der Waals surface area contributed by atoms with E-state index < -0.39 is 0 Å². The number of aromatic nitrogens is 3. The number of benzene rings is 2. The molecule has 6 heteroatoms. The summed E-state index contributed by atoms with van der Waals surface area (Å²) in [6.45, 7) is 4.94. The summed E-state index contributed by atoms with van der Waals surface area (Å²) >= 11 is 0. The van der Waals surface area contributed by atoms with E-state index in [4.69, 9.17) is 9.72 Å². The van der Waals surface area contributed by atoms with Crippen molar-refractivity contribution in [1.82, 2.24) is 19.9 Å². The molecular formula is C26H28N4O2. The van der Waals surface area contributed by atoms with Gasteiger partial charge in [-0.1, -0.05) is 37.3 Å². The number of rotatable bonds is 7. The van der Waals surface area contributed by atoms with E-state index in [9.17, 15) is 4.79 Å². The SMILES string of the molecule is CCCc1nc2c(c(=O)[nH]1)CN(Cc1c[nH]c3ccc(OCc4ccccc4)cc13)CC2. The zero-order chi connectivity index (χ0) is 21.9. The summed E-state index contributed by atoms with van der Waals surface area (Å²) in [7, 11) is 0. The minimum atomic E-state index is 0.0127. The highest BCUT2D eigenvalue weighted by Crippen LogP contribution is 2.26. The fourth-order valence-electron chi connectivity index (χ4n) is 4.38. The maximum Gasteiger partial charge on any atom is 0.255 e. The Morgan fingerprint density at radius 3 is 2.88 bits per heavy atom. The Morgan fingerprint density at radius 1 is 1.16 bits per heavy atom. The lowest BCUT2D eigenvalue weighted by atomic mass is 10.1. The van der Waals surface area contributed by atoms with E-state index in [-0.39, 0.29) is 5.56 Å². The Morgan fingerprint density at radius 2 is 2.03 bits per heavy atom. The van der Waals surface area contributed by atoms with E-state index in [1.165, 1.54) is 5.56 Å². The third-order valence-electron chi connectivity index (χ3n) is 6.06. The zero-order valence-corrected chi connectivity index (χ0v) is 18.4. The van der Waals surface area contributed by atoms with Gasteiger partial charge in [-0.3, -0.25) is 9.69 Å². The van der Waals surface area contributed by atoms with Gasteiger partial charge in [0.1, 0.15) is 18.2 Å². The molecule has 164 valence electrons. The number of nitrogens with one attached hydrogen (secondary N) is 2. The average Bonchev–Trinajstić information content (AvgIpc) is 3.21. The summed E-state index contributed by atoms with van der Waals surface area (Å²) in [6, 6.07) is 16.4. The molecule has 2 aromatic carbocycles. The van der Waals surface area contributed by atoms with Crippen LogP contribution in [0.1, 0.15) is 41.6 Å². The van der Waals surface area contributed by atoms with Crippen molar-refractivity contribution in [3.63, 3.8) is 0 Å². The van der Waals surface area contributed by atoms with Gasteiger partial charge in [-0.2, -0.15) is 0 Å². The molecule has 0 radical (unpaired) electrons. The first-order valence-corrected chi connectivity index (χ1v) is 11.3. The summed E-state index contributed by atoms with van der Waals surface area (Å²) in [5.74, 6) is 1.67. The van der Waals surface area contributed by atoms with Gasteiger partial charge in [0.25, 0.3) is 5.56 Å². The molecule has 2 aromatic heterocycles. The van der Waals surface area contributed by atoms with Crippen LogP contribution >= 0.6 is 0 Å². The largest absolute Gasteiger partial charge is 0.489 e. The number of hydrogen-bond acceptors (Lipinski definition) is 4. The smallest absolute Gasteiger partial charge is 0.255 e. The van der Waals surface area contributed by atoms with Gasteiger partial charge < -0.3 is 14.7 Å². The lowest BCUT2D eigenvalue weighted by molar-refractivity contribution is 0.242. The van der Waals surface area contributed by atoms with Crippen LogP contribution in [0.4, 0.5) is 0 Å². The average molecular weight is 429 g/mol. The van der Waals surface area contributed by atoms with Crippen LogP contribution in [0.15, 0.2) is 59.5 Å². The van der Waals surface area contributed by atoms with Crippen molar-refractivity contribution in [2.75, 3.05) is 6.54 Å². The molecule has 6 nitrogen and oxygen atoms in total. The molecule has 32 heavy (non-hydrogen) atoms. The molecule has 0 aliphatic carbocycles. The van der Waals surface area contributed by atoms with Crippen LogP contribution < -0.4 is 10.3 Å². The van der Waals surface area contributed by atoms with Crippen LogP contribution in [-0.4, -0.2) is 26.4 Å². The molecule has 0 saturated carbocycles. The fourth-order valence-corrected chi connectivity index (χ4v) is 4.38. The number of ether oxygens (including phenoxy) is 1. The lowest BCUT2D eigenvalue weighted by Gasteiger charge is -2.27. The Bertz CT molecular complexity index is 1280.